The molecule has 2 aliphatic rings. The van der Waals surface area contributed by atoms with E-state index >= 15 is 0 Å². The van der Waals surface area contributed by atoms with Crippen molar-refractivity contribution in [2.75, 3.05) is 36.0 Å². The Morgan fingerprint density at radius 2 is 1.85 bits per heavy atom. The molecule has 1 aromatic carbocycles. The fourth-order valence-corrected chi connectivity index (χ4v) is 3.78. The van der Waals surface area contributed by atoms with E-state index < -0.39 is 11.7 Å². The molecule has 2 aliphatic heterocycles. The van der Waals surface area contributed by atoms with E-state index in [-0.39, 0.29) is 11.9 Å². The maximum absolute atomic E-state index is 12.9. The molecule has 0 saturated carbocycles. The van der Waals surface area contributed by atoms with Gasteiger partial charge in [0.05, 0.1) is 17.3 Å². The summed E-state index contributed by atoms with van der Waals surface area (Å²) in [7, 11) is 0. The molecule has 1 aromatic heterocycles. The summed E-state index contributed by atoms with van der Waals surface area (Å²) >= 11 is 0. The lowest BCUT2D eigenvalue weighted by Gasteiger charge is -2.48. The van der Waals surface area contributed by atoms with E-state index in [0.717, 1.165) is 23.6 Å². The molecule has 3 heterocycles. The number of carbonyl (C=O) groups is 1. The van der Waals surface area contributed by atoms with Crippen LogP contribution in [0.1, 0.15) is 12.5 Å². The van der Waals surface area contributed by atoms with Crippen LogP contribution in [-0.2, 0) is 11.0 Å². The Balaban J connectivity index is 1.69. The Morgan fingerprint density at radius 3 is 2.52 bits per heavy atom. The molecule has 0 spiro atoms. The molecule has 0 aliphatic carbocycles. The first-order valence-corrected chi connectivity index (χ1v) is 8.76. The van der Waals surface area contributed by atoms with E-state index in [1.807, 2.05) is 17.0 Å². The van der Waals surface area contributed by atoms with Crippen LogP contribution in [0.15, 0.2) is 42.6 Å². The van der Waals surface area contributed by atoms with Crippen LogP contribution in [0.4, 0.5) is 30.4 Å². The number of rotatable bonds is 1. The summed E-state index contributed by atoms with van der Waals surface area (Å²) in [5.74, 6) is 0.833. The zero-order chi connectivity index (χ0) is 19.2. The van der Waals surface area contributed by atoms with Gasteiger partial charge in [-0.1, -0.05) is 0 Å². The molecule has 1 unspecified atom stereocenters. The van der Waals surface area contributed by atoms with E-state index in [4.69, 9.17) is 0 Å². The summed E-state index contributed by atoms with van der Waals surface area (Å²) in [4.78, 5) is 22.3. The van der Waals surface area contributed by atoms with Gasteiger partial charge in [-0.25, -0.2) is 4.98 Å². The average Bonchev–Trinajstić information content (AvgIpc) is 2.66. The summed E-state index contributed by atoms with van der Waals surface area (Å²) in [6.45, 7) is 4.03. The van der Waals surface area contributed by atoms with E-state index in [2.05, 4.69) is 9.88 Å². The lowest BCUT2D eigenvalue weighted by molar-refractivity contribution is -0.137. The Labute approximate surface area is 155 Å². The number of halogens is 3. The quantitative estimate of drug-likeness (QED) is 0.766. The van der Waals surface area contributed by atoms with Gasteiger partial charge in [0.2, 0.25) is 5.91 Å². The number of piperazine rings is 1. The van der Waals surface area contributed by atoms with Crippen LogP contribution < -0.4 is 9.80 Å². The lowest BCUT2D eigenvalue weighted by atomic mass is 10.0. The highest BCUT2D eigenvalue weighted by Crippen LogP contribution is 2.40. The van der Waals surface area contributed by atoms with E-state index in [0.29, 0.717) is 31.9 Å². The number of hydrogen-bond acceptors (Lipinski definition) is 4. The number of alkyl halides is 3. The molecule has 2 aromatic rings. The third-order valence-corrected chi connectivity index (χ3v) is 5.16. The maximum atomic E-state index is 12.9. The van der Waals surface area contributed by atoms with Crippen molar-refractivity contribution in [3.05, 3.63) is 48.2 Å². The van der Waals surface area contributed by atoms with Crippen LogP contribution in [0.5, 0.6) is 0 Å². The predicted octanol–water partition coefficient (Wildman–Crippen LogP) is 3.29. The summed E-state index contributed by atoms with van der Waals surface area (Å²) in [5, 5.41) is 0. The zero-order valence-corrected chi connectivity index (χ0v) is 14.8. The molecule has 0 bridgehead atoms. The highest BCUT2D eigenvalue weighted by molar-refractivity contribution is 5.78. The van der Waals surface area contributed by atoms with Crippen molar-refractivity contribution in [1.29, 1.82) is 0 Å². The SMILES string of the molecule is CC(=O)N1CCN2c3ncccc3N(c3ccc(C(F)(F)F)cc3)CC2C1. The van der Waals surface area contributed by atoms with E-state index in [9.17, 15) is 18.0 Å². The molecule has 1 amide bonds. The minimum absolute atomic E-state index is 0.0301. The lowest BCUT2D eigenvalue weighted by Crippen LogP contribution is -2.60. The van der Waals surface area contributed by atoms with Crippen LogP contribution in [0.25, 0.3) is 0 Å². The fourth-order valence-electron chi connectivity index (χ4n) is 3.78. The minimum Gasteiger partial charge on any atom is -0.347 e. The summed E-state index contributed by atoms with van der Waals surface area (Å²) in [6.07, 6.45) is -2.65. The molecule has 8 heteroatoms. The number of benzene rings is 1. The van der Waals surface area contributed by atoms with E-state index in [1.165, 1.54) is 12.1 Å². The molecular weight excluding hydrogens is 357 g/mol. The molecule has 0 radical (unpaired) electrons. The summed E-state index contributed by atoms with van der Waals surface area (Å²) in [6, 6.07) is 8.95. The Bertz CT molecular complexity index is 853. The first-order valence-electron chi connectivity index (χ1n) is 8.76. The number of anilines is 3. The average molecular weight is 376 g/mol. The van der Waals surface area contributed by atoms with Gasteiger partial charge < -0.3 is 14.7 Å². The third-order valence-electron chi connectivity index (χ3n) is 5.16. The molecule has 142 valence electrons. The standard InChI is InChI=1S/C19H19F3N4O/c1-13(27)24-9-10-25-16(11-24)12-26(17-3-2-8-23-18(17)25)15-6-4-14(5-7-15)19(20,21)22/h2-8,16H,9-12H2,1H3. The number of fused-ring (bicyclic) bond motifs is 3. The molecule has 4 rings (SSSR count). The zero-order valence-electron chi connectivity index (χ0n) is 14.8. The fraction of sp³-hybridized carbons (Fsp3) is 0.368. The number of pyridine rings is 1. The van der Waals surface area contributed by atoms with Crippen LogP contribution >= 0.6 is 0 Å². The second-order valence-corrected chi connectivity index (χ2v) is 6.81. The van der Waals surface area contributed by atoms with Crippen molar-refractivity contribution in [1.82, 2.24) is 9.88 Å². The molecule has 1 fully saturated rings. The van der Waals surface area contributed by atoms with Crippen LogP contribution in [0.3, 0.4) is 0 Å². The van der Waals surface area contributed by atoms with Gasteiger partial charge in [0.25, 0.3) is 0 Å². The van der Waals surface area contributed by atoms with Crippen LogP contribution in [0.2, 0.25) is 0 Å². The smallest absolute Gasteiger partial charge is 0.347 e. The number of carbonyl (C=O) groups excluding carboxylic acids is 1. The van der Waals surface area contributed by atoms with Gasteiger partial charge in [-0.15, -0.1) is 0 Å². The molecule has 27 heavy (non-hydrogen) atoms. The molecular formula is C19H19F3N4O. The van der Waals surface area contributed by atoms with Gasteiger partial charge in [0.15, 0.2) is 5.82 Å². The monoisotopic (exact) mass is 376 g/mol. The van der Waals surface area contributed by atoms with Crippen molar-refractivity contribution >= 4 is 23.1 Å². The third kappa shape index (κ3) is 3.20. The second-order valence-electron chi connectivity index (χ2n) is 6.81. The number of nitrogens with zero attached hydrogens (tertiary/aromatic N) is 4. The van der Waals surface area contributed by atoms with Gasteiger partial charge in [-0.05, 0) is 36.4 Å². The summed E-state index contributed by atoms with van der Waals surface area (Å²) in [5.41, 5.74) is 0.873. The van der Waals surface area contributed by atoms with Crippen molar-refractivity contribution in [2.45, 2.75) is 19.1 Å². The second kappa shape index (κ2) is 6.44. The number of hydrogen-bond donors (Lipinski definition) is 0. The van der Waals surface area contributed by atoms with Crippen molar-refractivity contribution in [3.8, 4) is 0 Å². The predicted molar refractivity (Wildman–Crippen MR) is 96.1 cm³/mol. The Kier molecular flexibility index (Phi) is 4.20. The van der Waals surface area contributed by atoms with Gasteiger partial charge in [0, 0.05) is 45.0 Å². The van der Waals surface area contributed by atoms with Crippen LogP contribution in [0, 0.1) is 0 Å². The number of aromatic nitrogens is 1. The first kappa shape index (κ1) is 17.6. The largest absolute Gasteiger partial charge is 0.416 e. The minimum atomic E-state index is -4.36. The topological polar surface area (TPSA) is 39.7 Å². The molecule has 0 N–H and O–H groups in total. The Hall–Kier alpha value is -2.77. The van der Waals surface area contributed by atoms with Gasteiger partial charge in [-0.2, -0.15) is 13.2 Å². The van der Waals surface area contributed by atoms with Gasteiger partial charge in [0.1, 0.15) is 0 Å². The highest BCUT2D eigenvalue weighted by atomic mass is 19.4. The van der Waals surface area contributed by atoms with E-state index in [1.54, 1.807) is 18.0 Å². The maximum Gasteiger partial charge on any atom is 0.416 e. The van der Waals surface area contributed by atoms with Crippen molar-refractivity contribution < 1.29 is 18.0 Å². The van der Waals surface area contributed by atoms with Crippen molar-refractivity contribution in [2.24, 2.45) is 0 Å². The first-order chi connectivity index (χ1) is 12.8. The molecule has 5 nitrogen and oxygen atoms in total. The van der Waals surface area contributed by atoms with Gasteiger partial charge in [-0.3, -0.25) is 4.79 Å². The van der Waals surface area contributed by atoms with Crippen molar-refractivity contribution in [3.63, 3.8) is 0 Å². The Morgan fingerprint density at radius 1 is 1.11 bits per heavy atom. The molecule has 1 saturated heterocycles. The molecule has 1 atom stereocenters. The summed E-state index contributed by atoms with van der Waals surface area (Å²) < 4.78 is 38.6. The normalized spacial score (nSPS) is 19.6. The number of amides is 1. The van der Waals surface area contributed by atoms with Crippen LogP contribution in [-0.4, -0.2) is 48.0 Å². The highest BCUT2D eigenvalue weighted by Gasteiger charge is 2.37. The van der Waals surface area contributed by atoms with Gasteiger partial charge >= 0.3 is 6.18 Å².